The molecule has 1 saturated carbocycles. The fourth-order valence-corrected chi connectivity index (χ4v) is 4.90. The first-order valence-electron chi connectivity index (χ1n) is 10.6. The molecule has 0 saturated heterocycles. The van der Waals surface area contributed by atoms with E-state index in [9.17, 15) is 4.79 Å². The van der Waals surface area contributed by atoms with Crippen molar-refractivity contribution in [2.75, 3.05) is 10.6 Å². The Kier molecular flexibility index (Phi) is 4.42. The summed E-state index contributed by atoms with van der Waals surface area (Å²) in [6.45, 7) is 2.03. The number of fused-ring (bicyclic) bond motifs is 2. The summed E-state index contributed by atoms with van der Waals surface area (Å²) < 4.78 is 0. The lowest BCUT2D eigenvalue weighted by atomic mass is 9.83. The zero-order valence-electron chi connectivity index (χ0n) is 16.7. The van der Waals surface area contributed by atoms with E-state index in [4.69, 9.17) is 0 Å². The van der Waals surface area contributed by atoms with Crippen molar-refractivity contribution in [3.05, 3.63) is 72.3 Å². The minimum atomic E-state index is -0.701. The Morgan fingerprint density at radius 3 is 2.28 bits per heavy atom. The second-order valence-electron chi connectivity index (χ2n) is 8.34. The Hall–Kier alpha value is -3.01. The number of rotatable bonds is 4. The molecule has 1 amide bonds. The molecule has 29 heavy (non-hydrogen) atoms. The predicted octanol–water partition coefficient (Wildman–Crippen LogP) is 5.23. The van der Waals surface area contributed by atoms with Crippen LogP contribution in [-0.2, 0) is 10.5 Å². The van der Waals surface area contributed by atoms with Crippen LogP contribution in [0.15, 0.2) is 66.7 Å². The summed E-state index contributed by atoms with van der Waals surface area (Å²) in [5.74, 6) is -0.209. The molecule has 3 aromatic carbocycles. The first kappa shape index (κ1) is 18.0. The van der Waals surface area contributed by atoms with Crippen LogP contribution in [0.4, 0.5) is 11.4 Å². The van der Waals surface area contributed by atoms with Crippen molar-refractivity contribution < 1.29 is 4.79 Å². The molecule has 5 rings (SSSR count). The molecule has 0 radical (unpaired) electrons. The van der Waals surface area contributed by atoms with E-state index in [1.807, 2.05) is 19.1 Å². The van der Waals surface area contributed by atoms with Crippen molar-refractivity contribution in [2.45, 2.75) is 44.3 Å². The third-order valence-electron chi connectivity index (χ3n) is 6.55. The summed E-state index contributed by atoms with van der Waals surface area (Å²) in [4.78, 5) is 13.4. The van der Waals surface area contributed by atoms with E-state index in [0.29, 0.717) is 6.04 Å². The maximum Gasteiger partial charge on any atom is 0.227 e. The van der Waals surface area contributed by atoms with Gasteiger partial charge in [0.05, 0.1) is 17.3 Å². The zero-order valence-corrected chi connectivity index (χ0v) is 16.7. The van der Waals surface area contributed by atoms with Crippen LogP contribution in [0, 0.1) is 5.92 Å². The van der Waals surface area contributed by atoms with Crippen molar-refractivity contribution in [3.8, 4) is 0 Å². The molecule has 148 valence electrons. The van der Waals surface area contributed by atoms with Crippen LogP contribution in [0.2, 0.25) is 0 Å². The molecule has 1 atom stereocenters. The van der Waals surface area contributed by atoms with E-state index in [2.05, 4.69) is 70.5 Å². The highest BCUT2D eigenvalue weighted by Crippen LogP contribution is 2.45. The highest BCUT2D eigenvalue weighted by Gasteiger charge is 2.47. The summed E-state index contributed by atoms with van der Waals surface area (Å²) >= 11 is 0. The van der Waals surface area contributed by atoms with Gasteiger partial charge in [0, 0.05) is 11.6 Å². The van der Waals surface area contributed by atoms with Gasteiger partial charge in [0.25, 0.3) is 0 Å². The second kappa shape index (κ2) is 7.11. The van der Waals surface area contributed by atoms with E-state index in [-0.39, 0.29) is 11.8 Å². The molecule has 1 unspecified atom stereocenters. The minimum Gasteiger partial charge on any atom is -0.357 e. The maximum absolute atomic E-state index is 13.4. The summed E-state index contributed by atoms with van der Waals surface area (Å²) in [7, 11) is 0. The monoisotopic (exact) mass is 385 g/mol. The molecular formula is C25H27N3O. The molecule has 4 nitrogen and oxygen atoms in total. The minimum absolute atomic E-state index is 0.0950. The lowest BCUT2D eigenvalue weighted by Crippen LogP contribution is -2.52. The molecule has 4 heteroatoms. The number of para-hydroxylation sites is 2. The number of hydrogen-bond donors (Lipinski definition) is 3. The average molecular weight is 386 g/mol. The fraction of sp³-hybridized carbons (Fsp3) is 0.320. The van der Waals surface area contributed by atoms with Gasteiger partial charge in [0.1, 0.15) is 5.66 Å². The highest BCUT2D eigenvalue weighted by molar-refractivity contribution is 5.92. The van der Waals surface area contributed by atoms with Crippen LogP contribution in [0.3, 0.4) is 0 Å². The van der Waals surface area contributed by atoms with Gasteiger partial charge in [-0.3, -0.25) is 4.79 Å². The maximum atomic E-state index is 13.4. The van der Waals surface area contributed by atoms with Crippen LogP contribution < -0.4 is 16.0 Å². The van der Waals surface area contributed by atoms with E-state index in [1.54, 1.807) is 0 Å². The third-order valence-corrected chi connectivity index (χ3v) is 6.55. The smallest absolute Gasteiger partial charge is 0.227 e. The van der Waals surface area contributed by atoms with Gasteiger partial charge in [-0.25, -0.2) is 0 Å². The fourth-order valence-electron chi connectivity index (χ4n) is 4.90. The SMILES string of the molecule is CC(C(=O)NC1CCCC1)C1(c2cccc3ccccc23)Nc2ccccc2N1. The van der Waals surface area contributed by atoms with E-state index in [0.717, 1.165) is 35.2 Å². The first-order chi connectivity index (χ1) is 14.2. The number of nitrogens with one attached hydrogen (secondary N) is 3. The van der Waals surface area contributed by atoms with Crippen molar-refractivity contribution in [1.82, 2.24) is 5.32 Å². The molecule has 0 spiro atoms. The van der Waals surface area contributed by atoms with E-state index >= 15 is 0 Å². The molecule has 1 aliphatic carbocycles. The summed E-state index contributed by atoms with van der Waals surface area (Å²) in [6, 6.07) is 23.2. The highest BCUT2D eigenvalue weighted by atomic mass is 16.2. The molecule has 3 N–H and O–H groups in total. The van der Waals surface area contributed by atoms with Gasteiger partial charge >= 0.3 is 0 Å². The van der Waals surface area contributed by atoms with Crippen LogP contribution in [0.5, 0.6) is 0 Å². The molecule has 3 aromatic rings. The van der Waals surface area contributed by atoms with Gasteiger partial charge in [-0.2, -0.15) is 0 Å². The van der Waals surface area contributed by atoms with Gasteiger partial charge in [-0.1, -0.05) is 67.4 Å². The Bertz CT molecular complexity index is 1020. The van der Waals surface area contributed by atoms with Crippen molar-refractivity contribution in [2.24, 2.45) is 5.92 Å². The Balaban J connectivity index is 1.60. The molecule has 1 fully saturated rings. The molecule has 0 aromatic heterocycles. The Labute approximate surface area is 171 Å². The van der Waals surface area contributed by atoms with Crippen molar-refractivity contribution >= 4 is 28.1 Å². The molecule has 0 bridgehead atoms. The second-order valence-corrected chi connectivity index (χ2v) is 8.34. The van der Waals surface area contributed by atoms with Crippen molar-refractivity contribution in [1.29, 1.82) is 0 Å². The van der Waals surface area contributed by atoms with E-state index < -0.39 is 5.66 Å². The summed E-state index contributed by atoms with van der Waals surface area (Å²) in [6.07, 6.45) is 4.58. The van der Waals surface area contributed by atoms with Gasteiger partial charge in [-0.05, 0) is 42.7 Å². The van der Waals surface area contributed by atoms with Crippen LogP contribution >= 0.6 is 0 Å². The number of amides is 1. The normalized spacial score (nSPS) is 18.7. The summed E-state index contributed by atoms with van der Waals surface area (Å²) in [5.41, 5.74) is 2.45. The largest absolute Gasteiger partial charge is 0.357 e. The molecule has 2 aliphatic rings. The van der Waals surface area contributed by atoms with Crippen molar-refractivity contribution in [3.63, 3.8) is 0 Å². The Morgan fingerprint density at radius 1 is 0.931 bits per heavy atom. The zero-order chi connectivity index (χ0) is 19.8. The predicted molar refractivity (Wildman–Crippen MR) is 119 cm³/mol. The van der Waals surface area contributed by atoms with E-state index in [1.165, 1.54) is 18.2 Å². The quantitative estimate of drug-likeness (QED) is 0.577. The van der Waals surface area contributed by atoms with Crippen LogP contribution in [-0.4, -0.2) is 11.9 Å². The number of anilines is 2. The molecule has 1 aliphatic heterocycles. The van der Waals surface area contributed by atoms with Gasteiger partial charge in [0.15, 0.2) is 0 Å². The van der Waals surface area contributed by atoms with Gasteiger partial charge < -0.3 is 16.0 Å². The number of benzene rings is 3. The standard InChI is InChI=1S/C25H27N3O/c1-17(24(29)26-19-11-3-4-12-19)25(27-22-15-6-7-16-23(22)28-25)21-14-8-10-18-9-2-5-13-20(18)21/h2,5-10,13-17,19,27-28H,3-4,11-12H2,1H3,(H,26,29). The molecule has 1 heterocycles. The Morgan fingerprint density at radius 2 is 1.55 bits per heavy atom. The number of hydrogen-bond acceptors (Lipinski definition) is 3. The number of carbonyl (C=O) groups is 1. The molecular weight excluding hydrogens is 358 g/mol. The first-order valence-corrected chi connectivity index (χ1v) is 10.6. The number of carbonyl (C=O) groups excluding carboxylic acids is 1. The summed E-state index contributed by atoms with van der Waals surface area (Å²) in [5, 5.41) is 13.0. The topological polar surface area (TPSA) is 53.2 Å². The lowest BCUT2D eigenvalue weighted by molar-refractivity contribution is -0.126. The van der Waals surface area contributed by atoms with Crippen LogP contribution in [0.1, 0.15) is 38.2 Å². The van der Waals surface area contributed by atoms with Crippen LogP contribution in [0.25, 0.3) is 10.8 Å². The average Bonchev–Trinajstić information content (AvgIpc) is 3.40. The van der Waals surface area contributed by atoms with Gasteiger partial charge in [0.2, 0.25) is 5.91 Å². The van der Waals surface area contributed by atoms with Gasteiger partial charge in [-0.15, -0.1) is 0 Å². The third kappa shape index (κ3) is 3.03. The lowest BCUT2D eigenvalue weighted by Gasteiger charge is -2.37.